The van der Waals surface area contributed by atoms with Crippen LogP contribution in [0.15, 0.2) is 36.4 Å². The number of nitrogens with one attached hydrogen (secondary N) is 1. The van der Waals surface area contributed by atoms with Crippen LogP contribution in [-0.2, 0) is 0 Å². The molecule has 0 bridgehead atoms. The molecular formula is C11H9ClN2O. The largest absolute Gasteiger partial charge is 0.290 e. The van der Waals surface area contributed by atoms with Gasteiger partial charge in [-0.1, -0.05) is 35.9 Å². The summed E-state index contributed by atoms with van der Waals surface area (Å²) < 4.78 is 0. The van der Waals surface area contributed by atoms with E-state index in [1.165, 1.54) is 0 Å². The highest BCUT2D eigenvalue weighted by atomic mass is 35.5. The van der Waals surface area contributed by atoms with Gasteiger partial charge in [0.1, 0.15) is 0 Å². The van der Waals surface area contributed by atoms with Gasteiger partial charge in [-0.25, -0.2) is 5.84 Å². The molecule has 0 heterocycles. The Morgan fingerprint density at radius 2 is 1.87 bits per heavy atom. The van der Waals surface area contributed by atoms with E-state index in [1.807, 2.05) is 18.2 Å². The summed E-state index contributed by atoms with van der Waals surface area (Å²) >= 11 is 6.04. The van der Waals surface area contributed by atoms with Gasteiger partial charge in [0.15, 0.2) is 0 Å². The summed E-state index contributed by atoms with van der Waals surface area (Å²) in [5.74, 6) is 4.76. The van der Waals surface area contributed by atoms with Crippen molar-refractivity contribution in [1.82, 2.24) is 5.43 Å². The summed E-state index contributed by atoms with van der Waals surface area (Å²) in [6, 6.07) is 10.9. The topological polar surface area (TPSA) is 55.1 Å². The molecule has 0 atom stereocenters. The number of hydrazine groups is 1. The first-order valence-electron chi connectivity index (χ1n) is 4.42. The number of halogens is 1. The van der Waals surface area contributed by atoms with Gasteiger partial charge in [0.05, 0.1) is 5.56 Å². The maximum Gasteiger partial charge on any atom is 0.265 e. The molecule has 0 fully saturated rings. The van der Waals surface area contributed by atoms with E-state index >= 15 is 0 Å². The molecule has 0 spiro atoms. The molecule has 3 N–H and O–H groups in total. The van der Waals surface area contributed by atoms with Gasteiger partial charge < -0.3 is 0 Å². The van der Waals surface area contributed by atoms with Crippen LogP contribution in [0, 0.1) is 0 Å². The maximum absolute atomic E-state index is 11.5. The second-order valence-electron chi connectivity index (χ2n) is 3.12. The van der Waals surface area contributed by atoms with Gasteiger partial charge in [-0.15, -0.1) is 0 Å². The first-order chi connectivity index (χ1) is 7.24. The molecule has 1 amide bonds. The highest BCUT2D eigenvalue weighted by molar-refractivity contribution is 6.36. The lowest BCUT2D eigenvalue weighted by atomic mass is 10.0. The number of amides is 1. The van der Waals surface area contributed by atoms with Crippen molar-refractivity contribution in [2.45, 2.75) is 0 Å². The van der Waals surface area contributed by atoms with Crippen molar-refractivity contribution >= 4 is 28.3 Å². The highest BCUT2D eigenvalue weighted by Gasteiger charge is 2.10. The summed E-state index contributed by atoms with van der Waals surface area (Å²) in [7, 11) is 0. The molecule has 15 heavy (non-hydrogen) atoms. The average molecular weight is 221 g/mol. The molecular weight excluding hydrogens is 212 g/mol. The molecule has 2 rings (SSSR count). The molecule has 0 aromatic heterocycles. The lowest BCUT2D eigenvalue weighted by Gasteiger charge is -2.06. The summed E-state index contributed by atoms with van der Waals surface area (Å²) in [4.78, 5) is 11.5. The molecule has 0 aliphatic heterocycles. The maximum atomic E-state index is 11.5. The Morgan fingerprint density at radius 3 is 2.53 bits per heavy atom. The van der Waals surface area contributed by atoms with Crippen molar-refractivity contribution < 1.29 is 4.79 Å². The normalized spacial score (nSPS) is 10.3. The van der Waals surface area contributed by atoms with Crippen LogP contribution in [0.3, 0.4) is 0 Å². The zero-order valence-corrected chi connectivity index (χ0v) is 8.58. The highest BCUT2D eigenvalue weighted by Crippen LogP contribution is 2.26. The molecule has 2 aromatic carbocycles. The van der Waals surface area contributed by atoms with Crippen LogP contribution in [0.2, 0.25) is 5.02 Å². The van der Waals surface area contributed by atoms with Gasteiger partial charge >= 0.3 is 0 Å². The fourth-order valence-electron chi connectivity index (χ4n) is 1.56. The Labute approximate surface area is 91.8 Å². The van der Waals surface area contributed by atoms with E-state index in [0.29, 0.717) is 10.6 Å². The predicted octanol–water partition coefficient (Wildman–Crippen LogP) is 2.10. The summed E-state index contributed by atoms with van der Waals surface area (Å²) in [5.41, 5.74) is 2.59. The van der Waals surface area contributed by atoms with E-state index in [1.54, 1.807) is 18.2 Å². The first kappa shape index (κ1) is 9.96. The average Bonchev–Trinajstić information content (AvgIpc) is 2.28. The number of fused-ring (bicyclic) bond motifs is 1. The predicted molar refractivity (Wildman–Crippen MR) is 60.6 cm³/mol. The Bertz CT molecular complexity index is 520. The summed E-state index contributed by atoms with van der Waals surface area (Å²) in [5, 5.41) is 2.19. The van der Waals surface area contributed by atoms with Crippen LogP contribution >= 0.6 is 11.6 Å². The number of hydrogen-bond donors (Lipinski definition) is 2. The molecule has 0 aliphatic carbocycles. The lowest BCUT2D eigenvalue weighted by molar-refractivity contribution is 0.0955. The number of benzene rings is 2. The van der Waals surface area contributed by atoms with Gasteiger partial charge in [-0.05, 0) is 17.5 Å². The van der Waals surface area contributed by atoms with E-state index in [4.69, 9.17) is 17.4 Å². The van der Waals surface area contributed by atoms with Gasteiger partial charge in [0.25, 0.3) is 5.91 Å². The number of nitrogens with two attached hydrogens (primary N) is 1. The standard InChI is InChI=1S/C11H9ClN2O/c12-9-6-2-4-7-3-1-5-8(10(7)9)11(15)14-13/h1-6H,13H2,(H,14,15). The third-order valence-corrected chi connectivity index (χ3v) is 2.54. The minimum absolute atomic E-state index is 0.339. The van der Waals surface area contributed by atoms with Crippen molar-refractivity contribution in [3.05, 3.63) is 47.0 Å². The van der Waals surface area contributed by atoms with E-state index in [0.717, 1.165) is 10.8 Å². The van der Waals surface area contributed by atoms with E-state index in [-0.39, 0.29) is 5.91 Å². The van der Waals surface area contributed by atoms with Crippen molar-refractivity contribution in [3.8, 4) is 0 Å². The Balaban J connectivity index is 2.80. The van der Waals surface area contributed by atoms with Crippen LogP contribution in [0.5, 0.6) is 0 Å². The Morgan fingerprint density at radius 1 is 1.20 bits per heavy atom. The number of carbonyl (C=O) groups is 1. The third kappa shape index (κ3) is 1.67. The Hall–Kier alpha value is -1.58. The van der Waals surface area contributed by atoms with E-state index < -0.39 is 0 Å². The number of carbonyl (C=O) groups excluding carboxylic acids is 1. The lowest BCUT2D eigenvalue weighted by Crippen LogP contribution is -2.30. The summed E-state index contributed by atoms with van der Waals surface area (Å²) in [6.45, 7) is 0. The van der Waals surface area contributed by atoms with Gasteiger partial charge in [0.2, 0.25) is 0 Å². The van der Waals surface area contributed by atoms with Crippen molar-refractivity contribution in [2.24, 2.45) is 5.84 Å². The minimum atomic E-state index is -0.339. The second-order valence-corrected chi connectivity index (χ2v) is 3.52. The second kappa shape index (κ2) is 3.88. The number of rotatable bonds is 1. The molecule has 0 saturated heterocycles. The van der Waals surface area contributed by atoms with Gasteiger partial charge in [-0.3, -0.25) is 10.2 Å². The summed E-state index contributed by atoms with van der Waals surface area (Å²) in [6.07, 6.45) is 0. The fraction of sp³-hybridized carbons (Fsp3) is 0. The smallest absolute Gasteiger partial charge is 0.265 e. The quantitative estimate of drug-likeness (QED) is 0.439. The molecule has 0 saturated carbocycles. The Kier molecular flexibility index (Phi) is 2.58. The van der Waals surface area contributed by atoms with Crippen LogP contribution in [0.1, 0.15) is 10.4 Å². The molecule has 4 heteroatoms. The SMILES string of the molecule is NNC(=O)c1cccc2cccc(Cl)c12. The zero-order chi connectivity index (χ0) is 10.8. The van der Waals surface area contributed by atoms with Crippen LogP contribution < -0.4 is 11.3 Å². The van der Waals surface area contributed by atoms with E-state index in [2.05, 4.69) is 5.43 Å². The molecule has 0 aliphatic rings. The molecule has 3 nitrogen and oxygen atoms in total. The van der Waals surface area contributed by atoms with Crippen molar-refractivity contribution in [2.75, 3.05) is 0 Å². The third-order valence-electron chi connectivity index (χ3n) is 2.23. The number of nitrogen functional groups attached to an aromatic ring is 1. The van der Waals surface area contributed by atoms with Gasteiger partial charge in [0, 0.05) is 10.4 Å². The molecule has 2 aromatic rings. The van der Waals surface area contributed by atoms with E-state index in [9.17, 15) is 4.79 Å². The monoisotopic (exact) mass is 220 g/mol. The van der Waals surface area contributed by atoms with Crippen molar-refractivity contribution in [1.29, 1.82) is 0 Å². The molecule has 0 unspecified atom stereocenters. The van der Waals surface area contributed by atoms with Crippen LogP contribution in [0.4, 0.5) is 0 Å². The zero-order valence-electron chi connectivity index (χ0n) is 7.83. The minimum Gasteiger partial charge on any atom is -0.290 e. The number of hydrogen-bond acceptors (Lipinski definition) is 2. The van der Waals surface area contributed by atoms with Crippen LogP contribution in [0.25, 0.3) is 10.8 Å². The fourth-order valence-corrected chi connectivity index (χ4v) is 1.85. The molecule has 0 radical (unpaired) electrons. The van der Waals surface area contributed by atoms with Gasteiger partial charge in [-0.2, -0.15) is 0 Å². The van der Waals surface area contributed by atoms with Crippen molar-refractivity contribution in [3.63, 3.8) is 0 Å². The molecule has 76 valence electrons. The van der Waals surface area contributed by atoms with Crippen LogP contribution in [-0.4, -0.2) is 5.91 Å². The first-order valence-corrected chi connectivity index (χ1v) is 4.80.